The number of ether oxygens (including phenoxy) is 2. The van der Waals surface area contributed by atoms with Crippen molar-refractivity contribution in [2.24, 2.45) is 16.6 Å². The zero-order valence-electron chi connectivity index (χ0n) is 16.9. The van der Waals surface area contributed by atoms with Gasteiger partial charge in [0, 0.05) is 30.0 Å². The SMILES string of the molecule is CO[C@@H]1CC[C@@]2(c3cc(NC(=O)c4cnc(OC(F)F)cn4)ccc3F)N=C(N)SC[C@H]12. The van der Waals surface area contributed by atoms with E-state index in [1.165, 1.54) is 30.0 Å². The summed E-state index contributed by atoms with van der Waals surface area (Å²) in [5, 5.41) is 3.01. The van der Waals surface area contributed by atoms with Crippen LogP contribution < -0.4 is 15.8 Å². The van der Waals surface area contributed by atoms with Crippen LogP contribution in [0.4, 0.5) is 18.9 Å². The van der Waals surface area contributed by atoms with E-state index in [0.29, 0.717) is 35.0 Å². The van der Waals surface area contributed by atoms with Crippen molar-refractivity contribution in [1.82, 2.24) is 9.97 Å². The highest BCUT2D eigenvalue weighted by atomic mass is 32.2. The summed E-state index contributed by atoms with van der Waals surface area (Å²) in [6, 6.07) is 4.21. The number of hydrogen-bond donors (Lipinski definition) is 2. The number of amidine groups is 1. The smallest absolute Gasteiger partial charge is 0.388 e. The van der Waals surface area contributed by atoms with E-state index in [2.05, 4.69) is 25.0 Å². The molecule has 4 rings (SSSR count). The maximum absolute atomic E-state index is 15.0. The lowest BCUT2D eigenvalue weighted by molar-refractivity contribution is -0.0531. The molecule has 12 heteroatoms. The maximum Gasteiger partial charge on any atom is 0.388 e. The second-order valence-corrected chi connectivity index (χ2v) is 8.41. The van der Waals surface area contributed by atoms with Gasteiger partial charge in [-0.1, -0.05) is 11.8 Å². The highest BCUT2D eigenvalue weighted by Gasteiger charge is 2.53. The average Bonchev–Trinajstić information content (AvgIpc) is 3.13. The van der Waals surface area contributed by atoms with Gasteiger partial charge in [-0.05, 0) is 31.0 Å². The van der Waals surface area contributed by atoms with Gasteiger partial charge in [0.1, 0.15) is 11.5 Å². The molecule has 0 spiro atoms. The Bertz CT molecular complexity index is 1040. The van der Waals surface area contributed by atoms with Crippen LogP contribution >= 0.6 is 11.8 Å². The van der Waals surface area contributed by atoms with Gasteiger partial charge in [-0.3, -0.25) is 9.79 Å². The molecule has 1 aliphatic heterocycles. The van der Waals surface area contributed by atoms with Crippen LogP contribution in [-0.2, 0) is 10.3 Å². The summed E-state index contributed by atoms with van der Waals surface area (Å²) in [5.41, 5.74) is 5.64. The van der Waals surface area contributed by atoms with Gasteiger partial charge in [-0.15, -0.1) is 0 Å². The molecule has 32 heavy (non-hydrogen) atoms. The van der Waals surface area contributed by atoms with E-state index >= 15 is 0 Å². The Balaban J connectivity index is 1.60. The molecule has 1 saturated carbocycles. The predicted molar refractivity (Wildman–Crippen MR) is 112 cm³/mol. The third-order valence-corrected chi connectivity index (χ3v) is 6.57. The molecule has 0 bridgehead atoms. The van der Waals surface area contributed by atoms with Crippen LogP contribution in [0.15, 0.2) is 35.6 Å². The van der Waals surface area contributed by atoms with Crippen molar-refractivity contribution >= 4 is 28.5 Å². The summed E-state index contributed by atoms with van der Waals surface area (Å²) in [7, 11) is 1.62. The molecule has 0 radical (unpaired) electrons. The molecule has 170 valence electrons. The van der Waals surface area contributed by atoms with Crippen molar-refractivity contribution in [3.63, 3.8) is 0 Å². The number of carbonyl (C=O) groups is 1. The summed E-state index contributed by atoms with van der Waals surface area (Å²) in [4.78, 5) is 24.6. The van der Waals surface area contributed by atoms with Gasteiger partial charge < -0.3 is 20.5 Å². The maximum atomic E-state index is 15.0. The third-order valence-electron chi connectivity index (χ3n) is 5.66. The van der Waals surface area contributed by atoms with E-state index in [1.807, 2.05) is 0 Å². The minimum absolute atomic E-state index is 0.0708. The van der Waals surface area contributed by atoms with Crippen molar-refractivity contribution < 1.29 is 27.4 Å². The summed E-state index contributed by atoms with van der Waals surface area (Å²) >= 11 is 1.41. The highest BCUT2D eigenvalue weighted by Crippen LogP contribution is 2.52. The molecule has 1 fully saturated rings. The number of hydrogen-bond acceptors (Lipinski definition) is 8. The summed E-state index contributed by atoms with van der Waals surface area (Å²) in [5.74, 6) is -0.937. The quantitative estimate of drug-likeness (QED) is 0.671. The van der Waals surface area contributed by atoms with E-state index in [-0.39, 0.29) is 17.7 Å². The van der Waals surface area contributed by atoms with Gasteiger partial charge >= 0.3 is 6.61 Å². The Morgan fingerprint density at radius 2 is 2.16 bits per heavy atom. The zero-order valence-corrected chi connectivity index (χ0v) is 17.7. The second kappa shape index (κ2) is 8.94. The molecule has 2 heterocycles. The Morgan fingerprint density at radius 3 is 2.84 bits per heavy atom. The first-order valence-corrected chi connectivity index (χ1v) is 10.7. The Kier molecular flexibility index (Phi) is 6.24. The molecule has 1 aromatic carbocycles. The number of rotatable bonds is 6. The number of aliphatic imine (C=N–C) groups is 1. The van der Waals surface area contributed by atoms with E-state index in [1.54, 1.807) is 7.11 Å². The van der Waals surface area contributed by atoms with Crippen molar-refractivity contribution in [3.8, 4) is 5.88 Å². The fraction of sp³-hybridized carbons (Fsp3) is 0.400. The van der Waals surface area contributed by atoms with Gasteiger partial charge in [0.05, 0.1) is 24.0 Å². The average molecular weight is 467 g/mol. The third kappa shape index (κ3) is 4.24. The first kappa shape index (κ1) is 22.3. The van der Waals surface area contributed by atoms with E-state index in [9.17, 15) is 18.0 Å². The Labute approximate surface area is 185 Å². The van der Waals surface area contributed by atoms with Gasteiger partial charge in [0.25, 0.3) is 5.91 Å². The minimum atomic E-state index is -3.05. The van der Waals surface area contributed by atoms with E-state index in [4.69, 9.17) is 10.5 Å². The fourth-order valence-corrected chi connectivity index (χ4v) is 5.30. The molecule has 1 amide bonds. The monoisotopic (exact) mass is 467 g/mol. The number of carbonyl (C=O) groups excluding carboxylic acids is 1. The number of nitrogens with zero attached hydrogens (tertiary/aromatic N) is 3. The number of anilines is 1. The number of halogens is 3. The summed E-state index contributed by atoms with van der Waals surface area (Å²) in [6.07, 6.45) is 3.11. The van der Waals surface area contributed by atoms with Gasteiger partial charge in [-0.2, -0.15) is 8.78 Å². The number of nitrogens with two attached hydrogens (primary N) is 1. The molecular weight excluding hydrogens is 447 g/mol. The number of thioether (sulfide) groups is 1. The van der Waals surface area contributed by atoms with Gasteiger partial charge in [0.15, 0.2) is 5.17 Å². The van der Waals surface area contributed by atoms with Gasteiger partial charge in [-0.25, -0.2) is 14.4 Å². The molecule has 2 aromatic rings. The molecule has 1 aromatic heterocycles. The normalized spacial score (nSPS) is 24.7. The lowest BCUT2D eigenvalue weighted by atomic mass is 9.80. The van der Waals surface area contributed by atoms with Crippen molar-refractivity contribution in [2.75, 3.05) is 18.2 Å². The molecule has 3 N–H and O–H groups in total. The number of aromatic nitrogens is 2. The summed E-state index contributed by atoms with van der Waals surface area (Å²) in [6.45, 7) is -3.05. The lowest BCUT2D eigenvalue weighted by Gasteiger charge is -2.37. The fourth-order valence-electron chi connectivity index (χ4n) is 4.24. The zero-order chi connectivity index (χ0) is 22.9. The standard InChI is InChI=1S/C20H20F3N5O3S/c1-30-15-4-5-20(12(15)9-32-19(24)28-20)11-6-10(2-3-13(11)21)27-17(29)14-7-26-16(8-25-14)31-18(22)23/h2-3,6-8,12,15,18H,4-5,9H2,1H3,(H2,24,28)(H,27,29)/t12-,15-,20+/m1/s1. The Hall–Kier alpha value is -2.86. The first-order valence-electron chi connectivity index (χ1n) is 9.71. The molecule has 2 aliphatic rings. The van der Waals surface area contributed by atoms with Crippen LogP contribution in [0, 0.1) is 11.7 Å². The number of fused-ring (bicyclic) bond motifs is 1. The number of benzene rings is 1. The lowest BCUT2D eigenvalue weighted by Crippen LogP contribution is -2.41. The topological polar surface area (TPSA) is 112 Å². The van der Waals surface area contributed by atoms with Gasteiger partial charge in [0.2, 0.25) is 5.88 Å². The molecule has 1 aliphatic carbocycles. The number of amides is 1. The predicted octanol–water partition coefficient (Wildman–Crippen LogP) is 3.15. The Morgan fingerprint density at radius 1 is 1.34 bits per heavy atom. The van der Waals surface area contributed by atoms with Crippen molar-refractivity contribution in [3.05, 3.63) is 47.7 Å². The van der Waals surface area contributed by atoms with Crippen LogP contribution in [0.2, 0.25) is 0 Å². The van der Waals surface area contributed by atoms with Crippen LogP contribution in [0.3, 0.4) is 0 Å². The molecule has 0 saturated heterocycles. The minimum Gasteiger partial charge on any atom is -0.415 e. The second-order valence-electron chi connectivity index (χ2n) is 7.37. The number of nitrogens with one attached hydrogen (secondary N) is 1. The van der Waals surface area contributed by atoms with Crippen LogP contribution in [0.1, 0.15) is 28.9 Å². The van der Waals surface area contributed by atoms with Crippen molar-refractivity contribution in [1.29, 1.82) is 0 Å². The number of alkyl halides is 2. The van der Waals surface area contributed by atoms with Crippen LogP contribution in [-0.4, -0.2) is 46.6 Å². The van der Waals surface area contributed by atoms with Crippen molar-refractivity contribution in [2.45, 2.75) is 31.1 Å². The molecular formula is C20H20F3N5O3S. The molecule has 3 atom stereocenters. The van der Waals surface area contributed by atoms with Crippen LogP contribution in [0.25, 0.3) is 0 Å². The first-order chi connectivity index (χ1) is 15.3. The molecule has 8 nitrogen and oxygen atoms in total. The largest absolute Gasteiger partial charge is 0.415 e. The molecule has 0 unspecified atom stereocenters. The number of methoxy groups -OCH3 is 1. The highest BCUT2D eigenvalue weighted by molar-refractivity contribution is 8.13. The summed E-state index contributed by atoms with van der Waals surface area (Å²) < 4.78 is 49.2. The van der Waals surface area contributed by atoms with Crippen LogP contribution in [0.5, 0.6) is 5.88 Å². The van der Waals surface area contributed by atoms with E-state index in [0.717, 1.165) is 12.4 Å². The van der Waals surface area contributed by atoms with E-state index < -0.39 is 29.8 Å².